The molecule has 2 rings (SSSR count). The zero-order valence-corrected chi connectivity index (χ0v) is 14.9. The summed E-state index contributed by atoms with van der Waals surface area (Å²) in [6.45, 7) is 5.17. The van der Waals surface area contributed by atoms with Crippen LogP contribution in [0.3, 0.4) is 0 Å². The van der Waals surface area contributed by atoms with Gasteiger partial charge < -0.3 is 9.84 Å². The number of likely N-dealkylation sites (tertiary alicyclic amines) is 1. The Bertz CT molecular complexity index is 696. The van der Waals surface area contributed by atoms with E-state index in [1.165, 1.54) is 12.1 Å². The van der Waals surface area contributed by atoms with Gasteiger partial charge >= 0.3 is 18.2 Å². The largest absolute Gasteiger partial charge is 0.479 e. The summed E-state index contributed by atoms with van der Waals surface area (Å²) >= 11 is 0. The Labute approximate surface area is 149 Å². The van der Waals surface area contributed by atoms with Gasteiger partial charge in [-0.25, -0.2) is 9.59 Å². The molecular weight excluding hydrogens is 351 g/mol. The van der Waals surface area contributed by atoms with Crippen LogP contribution in [0.25, 0.3) is 0 Å². The maximum Gasteiger partial charge on any atom is 0.416 e. The lowest BCUT2D eigenvalue weighted by molar-refractivity contribution is -0.149. The van der Waals surface area contributed by atoms with Crippen LogP contribution < -0.4 is 0 Å². The smallest absolute Gasteiger partial charge is 0.416 e. The molecule has 1 heterocycles. The highest BCUT2D eigenvalue weighted by Crippen LogP contribution is 2.36. The van der Waals surface area contributed by atoms with Crippen LogP contribution in [0, 0.1) is 0 Å². The first-order chi connectivity index (χ1) is 11.8. The highest BCUT2D eigenvalue weighted by molar-refractivity contribution is 5.85. The molecule has 1 amide bonds. The topological polar surface area (TPSA) is 66.8 Å². The van der Waals surface area contributed by atoms with Crippen LogP contribution in [-0.2, 0) is 22.1 Å². The number of carbonyl (C=O) groups is 2. The van der Waals surface area contributed by atoms with Crippen molar-refractivity contribution in [3.8, 4) is 0 Å². The molecule has 0 bridgehead atoms. The molecule has 144 valence electrons. The Balaban J connectivity index is 2.35. The quantitative estimate of drug-likeness (QED) is 0.866. The highest BCUT2D eigenvalue weighted by atomic mass is 19.4. The van der Waals surface area contributed by atoms with Gasteiger partial charge in [0.2, 0.25) is 0 Å². The second-order valence-corrected chi connectivity index (χ2v) is 7.45. The number of amides is 1. The van der Waals surface area contributed by atoms with Crippen molar-refractivity contribution in [2.45, 2.75) is 57.3 Å². The van der Waals surface area contributed by atoms with Gasteiger partial charge in [-0.3, -0.25) is 4.90 Å². The van der Waals surface area contributed by atoms with E-state index >= 15 is 0 Å². The molecule has 0 unspecified atom stereocenters. The minimum Gasteiger partial charge on any atom is -0.479 e. The predicted octanol–water partition coefficient (Wildman–Crippen LogP) is 4.10. The summed E-state index contributed by atoms with van der Waals surface area (Å²) in [5.74, 6) is -1.25. The first-order valence-corrected chi connectivity index (χ1v) is 8.25. The fourth-order valence-corrected chi connectivity index (χ4v) is 3.14. The molecule has 1 saturated heterocycles. The molecule has 1 fully saturated rings. The number of nitrogens with zero attached hydrogens (tertiary/aromatic N) is 1. The lowest BCUT2D eigenvalue weighted by atomic mass is 9.87. The van der Waals surface area contributed by atoms with Crippen molar-refractivity contribution in [2.75, 3.05) is 6.54 Å². The number of hydrogen-bond donors (Lipinski definition) is 1. The maximum absolute atomic E-state index is 12.9. The molecule has 1 aromatic rings. The van der Waals surface area contributed by atoms with E-state index in [2.05, 4.69) is 0 Å². The van der Waals surface area contributed by atoms with E-state index in [1.54, 1.807) is 20.8 Å². The van der Waals surface area contributed by atoms with Gasteiger partial charge in [-0.1, -0.05) is 18.2 Å². The summed E-state index contributed by atoms with van der Waals surface area (Å²) in [6, 6.07) is 4.53. The Morgan fingerprint density at radius 3 is 2.46 bits per heavy atom. The van der Waals surface area contributed by atoms with E-state index in [9.17, 15) is 27.9 Å². The van der Waals surface area contributed by atoms with Crippen molar-refractivity contribution in [1.29, 1.82) is 0 Å². The van der Waals surface area contributed by atoms with Crippen molar-refractivity contribution < 1.29 is 32.6 Å². The van der Waals surface area contributed by atoms with Crippen molar-refractivity contribution >= 4 is 12.1 Å². The van der Waals surface area contributed by atoms with Crippen LogP contribution in [0.1, 0.15) is 44.7 Å². The standard InChI is InChI=1S/C18H22F3NO4/c1-16(2,3)26-15(25)22-9-5-8-17(22,14(23)24)11-12-6-4-7-13(10-12)18(19,20)21/h4,6-7,10H,5,8-9,11H2,1-3H3,(H,23,24)/t17-/m0/s1. The molecule has 1 N–H and O–H groups in total. The van der Waals surface area contributed by atoms with E-state index in [4.69, 9.17) is 4.74 Å². The molecule has 0 radical (unpaired) electrons. The third kappa shape index (κ3) is 4.28. The molecule has 1 aliphatic rings. The number of alkyl halides is 3. The Morgan fingerprint density at radius 1 is 1.27 bits per heavy atom. The summed E-state index contributed by atoms with van der Waals surface area (Å²) in [6.07, 6.45) is -4.93. The van der Waals surface area contributed by atoms with E-state index in [0.717, 1.165) is 17.0 Å². The molecule has 26 heavy (non-hydrogen) atoms. The number of carbonyl (C=O) groups excluding carboxylic acids is 1. The van der Waals surface area contributed by atoms with Crippen LogP contribution in [-0.4, -0.2) is 39.8 Å². The van der Waals surface area contributed by atoms with Gasteiger partial charge in [0.25, 0.3) is 0 Å². The summed E-state index contributed by atoms with van der Waals surface area (Å²) < 4.78 is 44.1. The van der Waals surface area contributed by atoms with Gasteiger partial charge in [0, 0.05) is 13.0 Å². The van der Waals surface area contributed by atoms with Gasteiger partial charge in [0.15, 0.2) is 0 Å². The zero-order valence-electron chi connectivity index (χ0n) is 14.9. The Kier molecular flexibility index (Phi) is 5.26. The third-order valence-electron chi connectivity index (χ3n) is 4.25. The van der Waals surface area contributed by atoms with E-state index in [-0.39, 0.29) is 24.9 Å². The number of benzene rings is 1. The molecule has 0 spiro atoms. The predicted molar refractivity (Wildman–Crippen MR) is 87.7 cm³/mol. The van der Waals surface area contributed by atoms with Crippen LogP contribution in [0.15, 0.2) is 24.3 Å². The zero-order chi connectivity index (χ0) is 19.8. The number of aliphatic carboxylic acids is 1. The normalized spacial score (nSPS) is 20.9. The van der Waals surface area contributed by atoms with Gasteiger partial charge in [-0.05, 0) is 45.2 Å². The second-order valence-electron chi connectivity index (χ2n) is 7.45. The molecule has 0 aliphatic carbocycles. The number of halogens is 3. The molecule has 0 saturated carbocycles. The first kappa shape index (κ1) is 20.1. The first-order valence-electron chi connectivity index (χ1n) is 8.25. The number of hydrogen-bond acceptors (Lipinski definition) is 3. The molecule has 0 aromatic heterocycles. The van der Waals surface area contributed by atoms with Crippen molar-refractivity contribution in [3.05, 3.63) is 35.4 Å². The molecule has 1 atom stereocenters. The van der Waals surface area contributed by atoms with Gasteiger partial charge in [-0.15, -0.1) is 0 Å². The number of carboxylic acids is 1. The van der Waals surface area contributed by atoms with E-state index in [0.29, 0.717) is 6.42 Å². The van der Waals surface area contributed by atoms with Crippen molar-refractivity contribution in [2.24, 2.45) is 0 Å². The van der Waals surface area contributed by atoms with Crippen LogP contribution in [0.2, 0.25) is 0 Å². The van der Waals surface area contributed by atoms with Crippen LogP contribution in [0.4, 0.5) is 18.0 Å². The molecule has 5 nitrogen and oxygen atoms in total. The van der Waals surface area contributed by atoms with E-state index < -0.39 is 34.9 Å². The Hall–Kier alpha value is -2.25. The fourth-order valence-electron chi connectivity index (χ4n) is 3.14. The van der Waals surface area contributed by atoms with Crippen LogP contribution >= 0.6 is 0 Å². The highest BCUT2D eigenvalue weighted by Gasteiger charge is 2.51. The van der Waals surface area contributed by atoms with E-state index in [1.807, 2.05) is 0 Å². The van der Waals surface area contributed by atoms with Gasteiger partial charge in [-0.2, -0.15) is 13.2 Å². The molecule has 1 aromatic carbocycles. The monoisotopic (exact) mass is 373 g/mol. The third-order valence-corrected chi connectivity index (χ3v) is 4.25. The average Bonchev–Trinajstić information content (AvgIpc) is 2.90. The minimum atomic E-state index is -4.52. The number of carboxylic acid groups (broad SMARTS) is 1. The maximum atomic E-state index is 12.9. The fraction of sp³-hybridized carbons (Fsp3) is 0.556. The number of rotatable bonds is 3. The lowest BCUT2D eigenvalue weighted by Gasteiger charge is -2.36. The summed E-state index contributed by atoms with van der Waals surface area (Å²) in [4.78, 5) is 25.6. The number of ether oxygens (including phenoxy) is 1. The summed E-state index contributed by atoms with van der Waals surface area (Å²) in [5, 5.41) is 9.80. The average molecular weight is 373 g/mol. The SMILES string of the molecule is CC(C)(C)OC(=O)N1CCC[C@]1(Cc1cccc(C(F)(F)F)c1)C(=O)O. The summed E-state index contributed by atoms with van der Waals surface area (Å²) in [5.41, 5.74) is -3.07. The molecular formula is C18H22F3NO4. The second kappa shape index (κ2) is 6.81. The van der Waals surface area contributed by atoms with Crippen LogP contribution in [0.5, 0.6) is 0 Å². The molecule has 1 aliphatic heterocycles. The van der Waals surface area contributed by atoms with Gasteiger partial charge in [0.05, 0.1) is 5.56 Å². The van der Waals surface area contributed by atoms with Gasteiger partial charge in [0.1, 0.15) is 11.1 Å². The lowest BCUT2D eigenvalue weighted by Crippen LogP contribution is -2.55. The Morgan fingerprint density at radius 2 is 1.92 bits per heavy atom. The molecule has 8 heteroatoms. The summed E-state index contributed by atoms with van der Waals surface area (Å²) in [7, 11) is 0. The van der Waals surface area contributed by atoms with Crippen molar-refractivity contribution in [3.63, 3.8) is 0 Å². The van der Waals surface area contributed by atoms with Crippen molar-refractivity contribution in [1.82, 2.24) is 4.90 Å². The minimum absolute atomic E-state index is 0.151.